The van der Waals surface area contributed by atoms with Gasteiger partial charge in [-0.15, -0.1) is 0 Å². The van der Waals surface area contributed by atoms with Crippen molar-refractivity contribution < 1.29 is 9.90 Å². The van der Waals surface area contributed by atoms with Crippen LogP contribution in [0, 0.1) is 28.6 Å². The molecule has 1 saturated carbocycles. The van der Waals surface area contributed by atoms with Gasteiger partial charge in [0.05, 0.1) is 5.57 Å². The van der Waals surface area contributed by atoms with E-state index in [1.807, 2.05) is 12.2 Å². The van der Waals surface area contributed by atoms with Gasteiger partial charge in [0.25, 0.3) is 0 Å². The highest BCUT2D eigenvalue weighted by Crippen LogP contribution is 2.56. The van der Waals surface area contributed by atoms with E-state index in [2.05, 4.69) is 53.3 Å². The van der Waals surface area contributed by atoms with Crippen molar-refractivity contribution in [1.82, 2.24) is 0 Å². The van der Waals surface area contributed by atoms with Crippen molar-refractivity contribution in [2.75, 3.05) is 0 Å². The Hall–Kier alpha value is -1.83. The molecule has 0 amide bonds. The molecule has 2 heteroatoms. The van der Waals surface area contributed by atoms with Crippen LogP contribution in [0.1, 0.15) is 53.9 Å². The molecule has 0 bridgehead atoms. The topological polar surface area (TPSA) is 37.3 Å². The van der Waals surface area contributed by atoms with Crippen LogP contribution in [0.2, 0.25) is 0 Å². The largest absolute Gasteiger partial charge is 0.478 e. The van der Waals surface area contributed by atoms with Gasteiger partial charge in [-0.2, -0.15) is 0 Å². The van der Waals surface area contributed by atoms with Gasteiger partial charge in [0, 0.05) is 5.92 Å². The van der Waals surface area contributed by atoms with Crippen LogP contribution >= 0.6 is 0 Å². The summed E-state index contributed by atoms with van der Waals surface area (Å²) in [6, 6.07) is 0. The third-order valence-electron chi connectivity index (χ3n) is 6.95. The highest BCUT2D eigenvalue weighted by atomic mass is 16.4. The monoisotopic (exact) mass is 352 g/mol. The van der Waals surface area contributed by atoms with Gasteiger partial charge in [0.1, 0.15) is 0 Å². The summed E-state index contributed by atoms with van der Waals surface area (Å²) in [6.45, 7) is 16.2. The van der Waals surface area contributed by atoms with Gasteiger partial charge < -0.3 is 5.11 Å². The fraction of sp³-hybridized carbons (Fsp3) is 0.542. The second-order valence-corrected chi connectivity index (χ2v) is 9.65. The maximum atomic E-state index is 11.1. The number of fused-ring (bicyclic) bond motifs is 1. The summed E-state index contributed by atoms with van der Waals surface area (Å²) >= 11 is 0. The molecule has 0 aromatic carbocycles. The lowest BCUT2D eigenvalue weighted by atomic mass is 9.52. The average molecular weight is 353 g/mol. The first-order valence-electron chi connectivity index (χ1n) is 9.74. The minimum Gasteiger partial charge on any atom is -0.478 e. The number of carbonyl (C=O) groups is 1. The number of rotatable bonds is 3. The fourth-order valence-electron chi connectivity index (χ4n) is 4.88. The predicted octanol–water partition coefficient (Wildman–Crippen LogP) is 6.09. The predicted molar refractivity (Wildman–Crippen MR) is 108 cm³/mol. The number of hydrogen-bond acceptors (Lipinski definition) is 1. The maximum absolute atomic E-state index is 11.1. The molecule has 3 atom stereocenters. The molecule has 2 nitrogen and oxygen atoms in total. The van der Waals surface area contributed by atoms with Gasteiger partial charge in [0.2, 0.25) is 0 Å². The second kappa shape index (κ2) is 6.40. The molecule has 3 aliphatic carbocycles. The van der Waals surface area contributed by atoms with Crippen LogP contribution < -0.4 is 0 Å². The second-order valence-electron chi connectivity index (χ2n) is 9.65. The fourth-order valence-corrected chi connectivity index (χ4v) is 4.88. The van der Waals surface area contributed by atoms with Crippen molar-refractivity contribution in [1.29, 1.82) is 0 Å². The van der Waals surface area contributed by atoms with Crippen molar-refractivity contribution in [3.05, 3.63) is 59.3 Å². The van der Waals surface area contributed by atoms with Crippen molar-refractivity contribution in [3.63, 3.8) is 0 Å². The van der Waals surface area contributed by atoms with Crippen LogP contribution in [0.25, 0.3) is 0 Å². The van der Waals surface area contributed by atoms with Crippen LogP contribution in [-0.2, 0) is 4.79 Å². The van der Waals surface area contributed by atoms with Crippen LogP contribution in [0.15, 0.2) is 59.3 Å². The Bertz CT molecular complexity index is 755. The smallest absolute Gasteiger partial charge is 0.335 e. The lowest BCUT2D eigenvalue weighted by Crippen LogP contribution is -2.44. The highest BCUT2D eigenvalue weighted by Gasteiger charge is 2.47. The van der Waals surface area contributed by atoms with Crippen LogP contribution in [-0.4, -0.2) is 11.1 Å². The molecule has 0 saturated heterocycles. The van der Waals surface area contributed by atoms with Gasteiger partial charge in [-0.25, -0.2) is 4.79 Å². The van der Waals surface area contributed by atoms with E-state index in [1.165, 1.54) is 24.0 Å². The molecule has 0 aromatic rings. The zero-order valence-corrected chi connectivity index (χ0v) is 16.8. The molecule has 0 aliphatic heterocycles. The Morgan fingerprint density at radius 2 is 1.69 bits per heavy atom. The summed E-state index contributed by atoms with van der Waals surface area (Å²) in [4.78, 5) is 11.1. The summed E-state index contributed by atoms with van der Waals surface area (Å²) in [5.74, 6) is 0.430. The third kappa shape index (κ3) is 3.26. The van der Waals surface area contributed by atoms with Gasteiger partial charge >= 0.3 is 5.97 Å². The summed E-state index contributed by atoms with van der Waals surface area (Å²) in [5.41, 5.74) is 4.72. The van der Waals surface area contributed by atoms with Crippen LogP contribution in [0.5, 0.6) is 0 Å². The van der Waals surface area contributed by atoms with E-state index >= 15 is 0 Å². The maximum Gasteiger partial charge on any atom is 0.335 e. The Kier molecular flexibility index (Phi) is 4.67. The average Bonchev–Trinajstić information content (AvgIpc) is 2.58. The first-order valence-corrected chi connectivity index (χ1v) is 9.74. The molecule has 0 radical (unpaired) electrons. The highest BCUT2D eigenvalue weighted by molar-refractivity contribution is 5.90. The zero-order chi connectivity index (χ0) is 19.3. The first-order chi connectivity index (χ1) is 12.0. The molecule has 3 unspecified atom stereocenters. The van der Waals surface area contributed by atoms with Crippen LogP contribution in [0.4, 0.5) is 0 Å². The number of aliphatic carboxylic acids is 1. The minimum absolute atomic E-state index is 0.184. The summed E-state index contributed by atoms with van der Waals surface area (Å²) in [6.07, 6.45) is 13.7. The Morgan fingerprint density at radius 1 is 1.12 bits per heavy atom. The number of hydrogen-bond donors (Lipinski definition) is 1. The molecule has 1 fully saturated rings. The normalized spacial score (nSPS) is 32.0. The molecule has 3 aliphatic rings. The summed E-state index contributed by atoms with van der Waals surface area (Å²) in [7, 11) is 0. The van der Waals surface area contributed by atoms with Crippen molar-refractivity contribution >= 4 is 5.97 Å². The number of carboxylic acid groups (broad SMARTS) is 1. The third-order valence-corrected chi connectivity index (χ3v) is 6.95. The Labute approximate surface area is 158 Å². The lowest BCUT2D eigenvalue weighted by molar-refractivity contribution is -0.132. The van der Waals surface area contributed by atoms with E-state index in [0.717, 1.165) is 5.57 Å². The molecule has 3 rings (SSSR count). The van der Waals surface area contributed by atoms with Crippen molar-refractivity contribution in [3.8, 4) is 0 Å². The number of allylic oxidation sites excluding steroid dienone is 7. The van der Waals surface area contributed by atoms with Gasteiger partial charge in [-0.3, -0.25) is 0 Å². The summed E-state index contributed by atoms with van der Waals surface area (Å²) in [5, 5.41) is 9.13. The van der Waals surface area contributed by atoms with E-state index < -0.39 is 5.97 Å². The first kappa shape index (κ1) is 18.9. The van der Waals surface area contributed by atoms with Crippen LogP contribution in [0.3, 0.4) is 0 Å². The molecular formula is C24H32O2. The summed E-state index contributed by atoms with van der Waals surface area (Å²) < 4.78 is 0. The minimum atomic E-state index is -0.854. The SMILES string of the molecule is C=C(C1=CC2C(C=C1C)C(C)(C)CCC2(C)C)C1C=CC(C(=O)O)=CC1. The molecule has 0 heterocycles. The molecule has 140 valence electrons. The quantitative estimate of drug-likeness (QED) is 0.667. The van der Waals surface area contributed by atoms with Gasteiger partial charge in [-0.1, -0.05) is 64.7 Å². The van der Waals surface area contributed by atoms with E-state index in [4.69, 9.17) is 5.11 Å². The van der Waals surface area contributed by atoms with E-state index in [0.29, 0.717) is 34.7 Å². The zero-order valence-electron chi connectivity index (χ0n) is 16.8. The van der Waals surface area contributed by atoms with E-state index in [-0.39, 0.29) is 5.92 Å². The van der Waals surface area contributed by atoms with Crippen molar-refractivity contribution in [2.45, 2.75) is 53.9 Å². The molecular weight excluding hydrogens is 320 g/mol. The van der Waals surface area contributed by atoms with Gasteiger partial charge in [0.15, 0.2) is 0 Å². The Balaban J connectivity index is 1.88. The van der Waals surface area contributed by atoms with Crippen molar-refractivity contribution in [2.24, 2.45) is 28.6 Å². The van der Waals surface area contributed by atoms with E-state index in [9.17, 15) is 4.79 Å². The van der Waals surface area contributed by atoms with Gasteiger partial charge in [-0.05, 0) is 65.6 Å². The van der Waals surface area contributed by atoms with E-state index in [1.54, 1.807) is 6.08 Å². The molecule has 26 heavy (non-hydrogen) atoms. The molecule has 0 spiro atoms. The molecule has 0 aromatic heterocycles. The standard InChI is InChI=1S/C24H32O2/c1-15-13-20-21(24(5,6)12-11-23(20,3)4)14-19(15)16(2)17-7-9-18(10-8-17)22(25)26/h7,9-10,13-14,17,20-21H,2,8,11-12H2,1,3-6H3,(H,25,26). The number of carboxylic acids is 1. The lowest BCUT2D eigenvalue weighted by Gasteiger charge is -2.52. The molecule has 1 N–H and O–H groups in total. The Morgan fingerprint density at radius 3 is 2.19 bits per heavy atom.